The lowest BCUT2D eigenvalue weighted by Crippen LogP contribution is -2.38. The fraction of sp³-hybridized carbons (Fsp3) is 0.381. The van der Waals surface area contributed by atoms with Gasteiger partial charge in [0.1, 0.15) is 5.69 Å². The normalized spacial score (nSPS) is 14.5. The summed E-state index contributed by atoms with van der Waals surface area (Å²) < 4.78 is 20.0. The molecule has 2 aromatic rings. The quantitative estimate of drug-likeness (QED) is 0.834. The molecule has 1 aromatic heterocycles. The molecule has 0 unspecified atom stereocenters. The summed E-state index contributed by atoms with van der Waals surface area (Å²) in [5.41, 5.74) is -0.147. The van der Waals surface area contributed by atoms with E-state index in [-0.39, 0.29) is 17.3 Å². The van der Waals surface area contributed by atoms with E-state index in [1.54, 1.807) is 11.0 Å². The Morgan fingerprint density at radius 2 is 1.93 bits per heavy atom. The Morgan fingerprint density at radius 3 is 2.62 bits per heavy atom. The highest BCUT2D eigenvalue weighted by molar-refractivity contribution is 5.97. The van der Waals surface area contributed by atoms with Crippen LogP contribution in [0.25, 0.3) is 0 Å². The first-order valence-corrected chi connectivity index (χ1v) is 9.52. The third kappa shape index (κ3) is 5.01. The summed E-state index contributed by atoms with van der Waals surface area (Å²) in [6, 6.07) is 7.10. The number of likely N-dealkylation sites (tertiary alicyclic amines) is 1. The number of pyridine rings is 1. The van der Waals surface area contributed by atoms with Gasteiger partial charge in [-0.3, -0.25) is 14.4 Å². The minimum Gasteiger partial charge on any atom is -0.481 e. The third-order valence-electron chi connectivity index (χ3n) is 4.97. The molecule has 0 atom stereocenters. The van der Waals surface area contributed by atoms with Crippen molar-refractivity contribution in [1.82, 2.24) is 9.47 Å². The van der Waals surface area contributed by atoms with Crippen LogP contribution in [-0.2, 0) is 11.8 Å². The van der Waals surface area contributed by atoms with Gasteiger partial charge < -0.3 is 19.5 Å². The summed E-state index contributed by atoms with van der Waals surface area (Å²) in [4.78, 5) is 39.1. The summed E-state index contributed by atoms with van der Waals surface area (Å²) >= 11 is 0. The highest BCUT2D eigenvalue weighted by Crippen LogP contribution is 2.19. The van der Waals surface area contributed by atoms with Crippen molar-refractivity contribution in [3.63, 3.8) is 0 Å². The van der Waals surface area contributed by atoms with Crippen LogP contribution in [0.1, 0.15) is 30.1 Å². The lowest BCUT2D eigenvalue weighted by atomic mass is 9.99. The lowest BCUT2D eigenvalue weighted by Gasteiger charge is -2.30. The Kier molecular flexibility index (Phi) is 6.31. The number of hydrogen-bond acceptors (Lipinski definition) is 4. The standard InChI is InChI=1S/C21H24FN3O4/c1-14-7-9-25(10-8-14)20(27)15-11-17(21(28)24(2)12-15)23-19(26)13-29-18-6-4-3-5-16(18)22/h3-6,11-12,14H,7-10,13H2,1-2H3,(H,23,26). The number of halogens is 1. The molecule has 0 spiro atoms. The van der Waals surface area contributed by atoms with Crippen molar-refractivity contribution in [3.8, 4) is 5.75 Å². The fourth-order valence-corrected chi connectivity index (χ4v) is 3.20. The minimum absolute atomic E-state index is 0.0224. The van der Waals surface area contributed by atoms with E-state index in [1.807, 2.05) is 0 Å². The van der Waals surface area contributed by atoms with E-state index in [2.05, 4.69) is 12.2 Å². The summed E-state index contributed by atoms with van der Waals surface area (Å²) in [5.74, 6) is -0.853. The van der Waals surface area contributed by atoms with Crippen molar-refractivity contribution in [2.45, 2.75) is 19.8 Å². The fourth-order valence-electron chi connectivity index (χ4n) is 3.20. The zero-order valence-corrected chi connectivity index (χ0v) is 16.5. The zero-order valence-electron chi connectivity index (χ0n) is 16.5. The highest BCUT2D eigenvalue weighted by atomic mass is 19.1. The molecule has 1 N–H and O–H groups in total. The van der Waals surface area contributed by atoms with E-state index >= 15 is 0 Å². The number of nitrogens with zero attached hydrogens (tertiary/aromatic N) is 2. The molecule has 1 saturated heterocycles. The van der Waals surface area contributed by atoms with E-state index in [9.17, 15) is 18.8 Å². The predicted octanol–water partition coefficient (Wildman–Crippen LogP) is 2.41. The van der Waals surface area contributed by atoms with Gasteiger partial charge in [0.25, 0.3) is 17.4 Å². The van der Waals surface area contributed by atoms with Crippen LogP contribution in [-0.4, -0.2) is 41.0 Å². The molecular weight excluding hydrogens is 377 g/mol. The number of ether oxygens (including phenoxy) is 1. The topological polar surface area (TPSA) is 80.6 Å². The van der Waals surface area contributed by atoms with E-state index in [4.69, 9.17) is 4.74 Å². The SMILES string of the molecule is CC1CCN(C(=O)c2cc(NC(=O)COc3ccccc3F)c(=O)n(C)c2)CC1. The molecule has 1 aromatic carbocycles. The molecule has 0 bridgehead atoms. The number of amides is 2. The van der Waals surface area contributed by atoms with Gasteiger partial charge in [0, 0.05) is 26.3 Å². The number of anilines is 1. The molecule has 154 valence electrons. The zero-order chi connectivity index (χ0) is 21.0. The van der Waals surface area contributed by atoms with Gasteiger partial charge in [0.2, 0.25) is 0 Å². The summed E-state index contributed by atoms with van der Waals surface area (Å²) in [7, 11) is 1.52. The van der Waals surface area contributed by atoms with Gasteiger partial charge in [-0.1, -0.05) is 19.1 Å². The molecule has 0 saturated carbocycles. The maximum absolute atomic E-state index is 13.6. The second-order valence-corrected chi connectivity index (χ2v) is 7.30. The molecule has 2 amide bonds. The number of aromatic nitrogens is 1. The van der Waals surface area contributed by atoms with Gasteiger partial charge in [-0.05, 0) is 37.0 Å². The van der Waals surface area contributed by atoms with Crippen LogP contribution in [0.2, 0.25) is 0 Å². The van der Waals surface area contributed by atoms with Gasteiger partial charge in [0.05, 0.1) is 5.56 Å². The molecule has 1 fully saturated rings. The van der Waals surface area contributed by atoms with Crippen molar-refractivity contribution in [2.24, 2.45) is 13.0 Å². The molecular formula is C21H24FN3O4. The number of hydrogen-bond donors (Lipinski definition) is 1. The minimum atomic E-state index is -0.623. The first-order valence-electron chi connectivity index (χ1n) is 9.52. The number of para-hydroxylation sites is 1. The Hall–Kier alpha value is -3.16. The van der Waals surface area contributed by atoms with E-state index in [1.165, 1.54) is 42.1 Å². The molecule has 7 nitrogen and oxygen atoms in total. The number of benzene rings is 1. The van der Waals surface area contributed by atoms with Crippen LogP contribution in [0.3, 0.4) is 0 Å². The smallest absolute Gasteiger partial charge is 0.274 e. The van der Waals surface area contributed by atoms with Crippen LogP contribution >= 0.6 is 0 Å². The van der Waals surface area contributed by atoms with Crippen molar-refractivity contribution < 1.29 is 18.7 Å². The monoisotopic (exact) mass is 401 g/mol. The molecule has 1 aliphatic rings. The number of nitrogens with one attached hydrogen (secondary N) is 1. The second kappa shape index (κ2) is 8.89. The van der Waals surface area contributed by atoms with Gasteiger partial charge >= 0.3 is 0 Å². The van der Waals surface area contributed by atoms with E-state index in [0.29, 0.717) is 24.6 Å². The van der Waals surface area contributed by atoms with Crippen molar-refractivity contribution in [2.75, 3.05) is 25.0 Å². The predicted molar refractivity (Wildman–Crippen MR) is 107 cm³/mol. The number of carbonyl (C=O) groups is 2. The molecule has 0 radical (unpaired) electrons. The maximum Gasteiger partial charge on any atom is 0.274 e. The number of aryl methyl sites for hydroxylation is 1. The van der Waals surface area contributed by atoms with Crippen LogP contribution in [0.4, 0.5) is 10.1 Å². The Bertz CT molecular complexity index is 965. The van der Waals surface area contributed by atoms with Crippen molar-refractivity contribution in [3.05, 3.63) is 58.3 Å². The van der Waals surface area contributed by atoms with Gasteiger partial charge in [-0.2, -0.15) is 0 Å². The third-order valence-corrected chi connectivity index (χ3v) is 4.97. The summed E-state index contributed by atoms with van der Waals surface area (Å²) in [6.07, 6.45) is 3.34. The molecule has 8 heteroatoms. The lowest BCUT2D eigenvalue weighted by molar-refractivity contribution is -0.118. The van der Waals surface area contributed by atoms with Crippen LogP contribution in [0, 0.1) is 11.7 Å². The van der Waals surface area contributed by atoms with Crippen LogP contribution in [0.5, 0.6) is 5.75 Å². The molecule has 2 heterocycles. The maximum atomic E-state index is 13.6. The second-order valence-electron chi connectivity index (χ2n) is 7.30. The number of carbonyl (C=O) groups excluding carboxylic acids is 2. The average Bonchev–Trinajstić information content (AvgIpc) is 2.70. The Morgan fingerprint density at radius 1 is 1.24 bits per heavy atom. The van der Waals surface area contributed by atoms with Crippen LogP contribution in [0.15, 0.2) is 41.3 Å². The van der Waals surface area contributed by atoms with Gasteiger partial charge in [-0.15, -0.1) is 0 Å². The Labute approximate surface area is 168 Å². The Balaban J connectivity index is 1.70. The molecule has 29 heavy (non-hydrogen) atoms. The van der Waals surface area contributed by atoms with Crippen LogP contribution < -0.4 is 15.6 Å². The molecule has 1 aliphatic heterocycles. The average molecular weight is 401 g/mol. The van der Waals surface area contributed by atoms with Crippen molar-refractivity contribution >= 4 is 17.5 Å². The van der Waals surface area contributed by atoms with Gasteiger partial charge in [0.15, 0.2) is 18.2 Å². The van der Waals surface area contributed by atoms with Gasteiger partial charge in [-0.25, -0.2) is 4.39 Å². The molecule has 0 aliphatic carbocycles. The summed E-state index contributed by atoms with van der Waals surface area (Å²) in [6.45, 7) is 3.03. The number of piperidine rings is 1. The van der Waals surface area contributed by atoms with Crippen molar-refractivity contribution in [1.29, 1.82) is 0 Å². The van der Waals surface area contributed by atoms with E-state index in [0.717, 1.165) is 12.8 Å². The molecule has 3 rings (SSSR count). The van der Waals surface area contributed by atoms with E-state index < -0.39 is 23.9 Å². The first-order chi connectivity index (χ1) is 13.8. The summed E-state index contributed by atoms with van der Waals surface area (Å²) in [5, 5.41) is 2.46. The number of rotatable bonds is 5. The highest BCUT2D eigenvalue weighted by Gasteiger charge is 2.23. The first kappa shape index (κ1) is 20.6. The largest absolute Gasteiger partial charge is 0.481 e.